The fourth-order valence-electron chi connectivity index (χ4n) is 4.75. The molecule has 0 aliphatic carbocycles. The summed E-state index contributed by atoms with van der Waals surface area (Å²) < 4.78 is 18.5. The number of hydrogen-bond acceptors (Lipinski definition) is 5. The lowest BCUT2D eigenvalue weighted by molar-refractivity contribution is -0.219. The van der Waals surface area contributed by atoms with Gasteiger partial charge >= 0.3 is 11.9 Å². The molecule has 0 amide bonds. The Morgan fingerprint density at radius 1 is 1.43 bits per heavy atom. The minimum atomic E-state index is -0.743. The zero-order valence-corrected chi connectivity index (χ0v) is 19.2. The summed E-state index contributed by atoms with van der Waals surface area (Å²) in [6.07, 6.45) is 6.74. The third-order valence-electron chi connectivity index (χ3n) is 6.52. The van der Waals surface area contributed by atoms with Crippen molar-refractivity contribution in [3.05, 3.63) is 23.8 Å². The molecule has 28 heavy (non-hydrogen) atoms. The van der Waals surface area contributed by atoms with Crippen molar-refractivity contribution in [3.8, 4) is 0 Å². The van der Waals surface area contributed by atoms with Crippen LogP contribution in [0.15, 0.2) is 23.8 Å². The molecule has 3 rings (SSSR count). The molecule has 0 spiro atoms. The van der Waals surface area contributed by atoms with Crippen molar-refractivity contribution in [2.24, 2.45) is 11.8 Å². The van der Waals surface area contributed by atoms with Gasteiger partial charge in [0.1, 0.15) is 11.7 Å². The normalized spacial score (nSPS) is 41.0. The number of fused-ring (bicyclic) bond motifs is 4. The number of esters is 2. The number of alkyl halides is 1. The minimum Gasteiger partial charge on any atom is -0.456 e. The maximum atomic E-state index is 12.2. The smallest absolute Gasteiger partial charge is 0.334 e. The Labute approximate surface area is 181 Å². The zero-order chi connectivity index (χ0) is 20.5. The van der Waals surface area contributed by atoms with Crippen LogP contribution in [0.3, 0.4) is 0 Å². The Bertz CT molecular complexity index is 672. The predicted octanol–water partition coefficient (Wildman–Crippen LogP) is 4.53. The highest BCUT2D eigenvalue weighted by molar-refractivity contribution is 14.1. The maximum absolute atomic E-state index is 12.2. The van der Waals surface area contributed by atoms with Crippen LogP contribution in [-0.2, 0) is 23.8 Å². The standard InChI is InChI=1S/C22H31IO5/c1-13-7-5-9-14(2)19-20-16(15(3)21(25)27-20)11-17(26-19)22(4,10-6-8-13)28-18(24)12-23/h8,14,16-17,19-20H,3,5-7,9-12H2,1-2,4H3/b13-8-/t14-,16+,17+,19+,20-,22-/m1/s1. The van der Waals surface area contributed by atoms with Gasteiger partial charge in [-0.1, -0.05) is 47.7 Å². The Morgan fingerprint density at radius 3 is 2.89 bits per heavy atom. The molecule has 0 aromatic carbocycles. The lowest BCUT2D eigenvalue weighted by atomic mass is 9.76. The van der Waals surface area contributed by atoms with E-state index in [4.69, 9.17) is 14.2 Å². The summed E-state index contributed by atoms with van der Waals surface area (Å²) in [4.78, 5) is 24.4. The molecule has 2 saturated heterocycles. The molecule has 5 nitrogen and oxygen atoms in total. The molecule has 6 atom stereocenters. The largest absolute Gasteiger partial charge is 0.456 e. The average molecular weight is 502 g/mol. The van der Waals surface area contributed by atoms with Crippen LogP contribution in [-0.4, -0.2) is 40.3 Å². The number of ether oxygens (including phenoxy) is 3. The highest BCUT2D eigenvalue weighted by Gasteiger charge is 2.54. The van der Waals surface area contributed by atoms with Crippen molar-refractivity contribution < 1.29 is 23.8 Å². The Kier molecular flexibility index (Phi) is 6.90. The topological polar surface area (TPSA) is 61.8 Å². The van der Waals surface area contributed by atoms with Crippen molar-refractivity contribution in [1.29, 1.82) is 0 Å². The predicted molar refractivity (Wildman–Crippen MR) is 115 cm³/mol. The van der Waals surface area contributed by atoms with Gasteiger partial charge in [-0.25, -0.2) is 4.79 Å². The van der Waals surface area contributed by atoms with Gasteiger partial charge < -0.3 is 14.2 Å². The summed E-state index contributed by atoms with van der Waals surface area (Å²) in [7, 11) is 0. The molecule has 0 saturated carbocycles. The van der Waals surface area contributed by atoms with E-state index in [1.54, 1.807) is 0 Å². The molecule has 156 valence electrons. The van der Waals surface area contributed by atoms with Crippen LogP contribution < -0.4 is 0 Å². The number of carbonyl (C=O) groups excluding carboxylic acids is 2. The molecule has 0 N–H and O–H groups in total. The first-order chi connectivity index (χ1) is 13.2. The van der Waals surface area contributed by atoms with Gasteiger partial charge in [-0.3, -0.25) is 4.79 Å². The van der Waals surface area contributed by atoms with E-state index in [1.807, 2.05) is 29.5 Å². The maximum Gasteiger partial charge on any atom is 0.334 e. The van der Waals surface area contributed by atoms with Crippen LogP contribution in [0.5, 0.6) is 0 Å². The second-order valence-electron chi connectivity index (χ2n) is 8.71. The van der Waals surface area contributed by atoms with E-state index in [0.29, 0.717) is 22.8 Å². The average Bonchev–Trinajstić information content (AvgIpc) is 2.94. The quantitative estimate of drug-likeness (QED) is 0.183. The lowest BCUT2D eigenvalue weighted by Gasteiger charge is -2.46. The fraction of sp³-hybridized carbons (Fsp3) is 0.727. The Balaban J connectivity index is 1.96. The molecule has 2 fully saturated rings. The van der Waals surface area contributed by atoms with Crippen LogP contribution >= 0.6 is 22.6 Å². The number of rotatable bonds is 2. The van der Waals surface area contributed by atoms with Gasteiger partial charge in [0.2, 0.25) is 0 Å². The van der Waals surface area contributed by atoms with E-state index in [-0.39, 0.29) is 42.1 Å². The summed E-state index contributed by atoms with van der Waals surface area (Å²) in [5, 5.41) is 0. The van der Waals surface area contributed by atoms with E-state index in [0.717, 1.165) is 25.7 Å². The first kappa shape index (κ1) is 21.8. The number of allylic oxidation sites excluding steroid dienone is 2. The van der Waals surface area contributed by atoms with E-state index < -0.39 is 5.60 Å². The number of hydrogen-bond donors (Lipinski definition) is 0. The van der Waals surface area contributed by atoms with Crippen LogP contribution in [0.2, 0.25) is 0 Å². The van der Waals surface area contributed by atoms with Crippen LogP contribution in [0.4, 0.5) is 0 Å². The first-order valence-corrected chi connectivity index (χ1v) is 11.8. The second-order valence-corrected chi connectivity index (χ2v) is 9.47. The molecule has 0 aromatic rings. The lowest BCUT2D eigenvalue weighted by Crippen LogP contribution is -2.55. The van der Waals surface area contributed by atoms with E-state index in [1.165, 1.54) is 5.57 Å². The molecule has 6 heteroatoms. The van der Waals surface area contributed by atoms with Crippen LogP contribution in [0.25, 0.3) is 0 Å². The van der Waals surface area contributed by atoms with E-state index >= 15 is 0 Å². The number of halogens is 1. The molecule has 3 heterocycles. The Morgan fingerprint density at radius 2 is 2.18 bits per heavy atom. The van der Waals surface area contributed by atoms with Gasteiger partial charge in [0.25, 0.3) is 0 Å². The molecule has 2 bridgehead atoms. The summed E-state index contributed by atoms with van der Waals surface area (Å²) >= 11 is 2.03. The zero-order valence-electron chi connectivity index (χ0n) is 17.0. The highest BCUT2D eigenvalue weighted by atomic mass is 127. The monoisotopic (exact) mass is 502 g/mol. The van der Waals surface area contributed by atoms with Gasteiger partial charge in [-0.05, 0) is 58.3 Å². The second kappa shape index (κ2) is 8.86. The molecule has 3 aliphatic heterocycles. The van der Waals surface area contributed by atoms with Gasteiger partial charge in [0, 0.05) is 11.5 Å². The molecule has 0 aromatic heterocycles. The van der Waals surface area contributed by atoms with Gasteiger partial charge in [-0.15, -0.1) is 0 Å². The Hall–Kier alpha value is -0.890. The molecule has 0 radical (unpaired) electrons. The van der Waals surface area contributed by atoms with Gasteiger partial charge in [0.05, 0.1) is 16.6 Å². The first-order valence-electron chi connectivity index (χ1n) is 10.2. The third kappa shape index (κ3) is 4.48. The fourth-order valence-corrected chi connectivity index (χ4v) is 4.90. The summed E-state index contributed by atoms with van der Waals surface area (Å²) in [6.45, 7) is 10.3. The minimum absolute atomic E-state index is 0.0726. The SMILES string of the molecule is C=C1C(=O)O[C@H]2[C@H]3O[C@@H](C[C@@H]12)[C@](C)(OC(=O)CI)CC/C=C(/C)CCC[C@H]3C. The van der Waals surface area contributed by atoms with E-state index in [2.05, 4.69) is 26.5 Å². The van der Waals surface area contributed by atoms with Crippen LogP contribution in [0.1, 0.15) is 59.3 Å². The van der Waals surface area contributed by atoms with Crippen LogP contribution in [0, 0.1) is 11.8 Å². The third-order valence-corrected chi connectivity index (χ3v) is 7.15. The van der Waals surface area contributed by atoms with Crippen molar-refractivity contribution in [3.63, 3.8) is 0 Å². The van der Waals surface area contributed by atoms with Gasteiger partial charge in [0.15, 0.2) is 0 Å². The molecular weight excluding hydrogens is 471 g/mol. The summed E-state index contributed by atoms with van der Waals surface area (Å²) in [5.41, 5.74) is 1.16. The molecule has 3 aliphatic rings. The van der Waals surface area contributed by atoms with Gasteiger partial charge in [-0.2, -0.15) is 0 Å². The van der Waals surface area contributed by atoms with Crippen molar-refractivity contribution in [2.45, 2.75) is 83.2 Å². The summed E-state index contributed by atoms with van der Waals surface area (Å²) in [5.74, 6) is -0.379. The number of carbonyl (C=O) groups is 2. The van der Waals surface area contributed by atoms with Crippen molar-refractivity contribution in [2.75, 3.05) is 4.43 Å². The highest BCUT2D eigenvalue weighted by Crippen LogP contribution is 2.45. The summed E-state index contributed by atoms with van der Waals surface area (Å²) in [6, 6.07) is 0. The van der Waals surface area contributed by atoms with Crippen molar-refractivity contribution in [1.82, 2.24) is 0 Å². The molecule has 0 unspecified atom stereocenters. The molecular formula is C22H31IO5. The van der Waals surface area contributed by atoms with E-state index in [9.17, 15) is 9.59 Å². The van der Waals surface area contributed by atoms with Crippen molar-refractivity contribution >= 4 is 34.5 Å².